The Morgan fingerprint density at radius 1 is 1.29 bits per heavy atom. The summed E-state index contributed by atoms with van der Waals surface area (Å²) in [6.07, 6.45) is 6.15. The van der Waals surface area contributed by atoms with Crippen molar-refractivity contribution < 1.29 is 9.90 Å². The number of halogens is 1. The summed E-state index contributed by atoms with van der Waals surface area (Å²) in [6, 6.07) is 0.665. The second-order valence-corrected chi connectivity index (χ2v) is 10.1. The maximum atomic E-state index is 11.8. The molecule has 4 saturated carbocycles. The predicted molar refractivity (Wildman–Crippen MR) is 107 cm³/mol. The Bertz CT molecular complexity index is 795. The number of carbonyl (C=O) groups excluding carboxylic acids is 1. The molecule has 4 aliphatic carbocycles. The summed E-state index contributed by atoms with van der Waals surface area (Å²) < 4.78 is 1.74. The molecule has 0 aromatic carbocycles. The van der Waals surface area contributed by atoms with Gasteiger partial charge in [-0.2, -0.15) is 5.10 Å². The first kappa shape index (κ1) is 18.7. The van der Waals surface area contributed by atoms with Gasteiger partial charge in [0.2, 0.25) is 0 Å². The highest BCUT2D eigenvalue weighted by Crippen LogP contribution is 2.58. The number of amides is 1. The number of aromatic nitrogens is 2. The molecule has 0 spiro atoms. The summed E-state index contributed by atoms with van der Waals surface area (Å²) in [6.45, 7) is 2.02. The highest BCUT2D eigenvalue weighted by atomic mass is 35.5. The van der Waals surface area contributed by atoms with Crippen LogP contribution in [-0.4, -0.2) is 63.5 Å². The van der Waals surface area contributed by atoms with Crippen molar-refractivity contribution in [2.45, 2.75) is 56.2 Å². The van der Waals surface area contributed by atoms with Crippen LogP contribution in [0.1, 0.15) is 49.0 Å². The lowest BCUT2D eigenvalue weighted by molar-refractivity contribution is -0.134. The maximum Gasteiger partial charge on any atom is 0.270 e. The third-order valence-electron chi connectivity index (χ3n) is 7.71. The van der Waals surface area contributed by atoms with E-state index in [0.717, 1.165) is 44.6 Å². The molecule has 2 unspecified atom stereocenters. The van der Waals surface area contributed by atoms with Crippen LogP contribution in [0.2, 0.25) is 5.02 Å². The van der Waals surface area contributed by atoms with Crippen LogP contribution < -0.4 is 10.6 Å². The molecular formula is C20H30ClN5O2. The number of carbonyl (C=O) groups is 1. The van der Waals surface area contributed by atoms with Gasteiger partial charge in [0.1, 0.15) is 10.8 Å². The van der Waals surface area contributed by atoms with Gasteiger partial charge in [-0.05, 0) is 69.9 Å². The smallest absolute Gasteiger partial charge is 0.270 e. The third-order valence-corrected chi connectivity index (χ3v) is 8.06. The molecule has 5 aliphatic rings. The zero-order chi connectivity index (χ0) is 19.8. The first-order valence-electron chi connectivity index (χ1n) is 10.5. The normalized spacial score (nSPS) is 39.6. The van der Waals surface area contributed by atoms with Crippen molar-refractivity contribution in [3.8, 4) is 0 Å². The molecule has 1 aromatic heterocycles. The fourth-order valence-electron chi connectivity index (χ4n) is 7.03. The van der Waals surface area contributed by atoms with E-state index in [4.69, 9.17) is 17.3 Å². The minimum absolute atomic E-state index is 0.151. The number of likely N-dealkylation sites (N-methyl/N-ethyl adjacent to an activating group) is 1. The van der Waals surface area contributed by atoms with E-state index >= 15 is 0 Å². The van der Waals surface area contributed by atoms with E-state index in [1.807, 2.05) is 7.05 Å². The number of aliphatic hydroxyl groups is 1. The second kappa shape index (κ2) is 6.34. The van der Waals surface area contributed by atoms with E-state index in [1.54, 1.807) is 4.68 Å². The lowest BCUT2D eigenvalue weighted by Gasteiger charge is -2.61. The van der Waals surface area contributed by atoms with Crippen LogP contribution in [0.5, 0.6) is 0 Å². The fraction of sp³-hybridized carbons (Fsp3) is 0.800. The number of nitrogens with zero attached hydrogens (tertiary/aromatic N) is 4. The number of primary amides is 1. The fourth-order valence-corrected chi connectivity index (χ4v) is 7.38. The van der Waals surface area contributed by atoms with Gasteiger partial charge in [-0.15, -0.1) is 0 Å². The van der Waals surface area contributed by atoms with Crippen LogP contribution in [0.25, 0.3) is 0 Å². The standard InChI is InChI=1S/C20H30ClN5O2/c1-24-4-3-14(10-24)26(19-15(21)16(18(22)27)23-25(19)2)17-12-5-11-6-13(17)9-20(28,7-11)8-12/h11-14,17,28H,3-10H2,1-2H3,(H2,22,27)/t11?,12?,13?,14-,17?,20?/m1/s1. The summed E-state index contributed by atoms with van der Waals surface area (Å²) in [5, 5.41) is 15.8. The first-order chi connectivity index (χ1) is 13.3. The zero-order valence-electron chi connectivity index (χ0n) is 16.6. The highest BCUT2D eigenvalue weighted by Gasteiger charge is 2.57. The SMILES string of the molecule is CN1CC[C@@H](N(c2c(Cl)c(C(N)=O)nn2C)C2C3CC4CC2CC(O)(C4)C3)C1. The van der Waals surface area contributed by atoms with Gasteiger partial charge in [0, 0.05) is 25.7 Å². The van der Waals surface area contributed by atoms with Crippen LogP contribution in [0, 0.1) is 17.8 Å². The molecule has 1 aromatic rings. The highest BCUT2D eigenvalue weighted by molar-refractivity contribution is 6.36. The van der Waals surface area contributed by atoms with Crippen molar-refractivity contribution in [2.75, 3.05) is 25.0 Å². The van der Waals surface area contributed by atoms with Crippen molar-refractivity contribution in [1.29, 1.82) is 0 Å². The molecular weight excluding hydrogens is 378 g/mol. The van der Waals surface area contributed by atoms with Gasteiger partial charge >= 0.3 is 0 Å². The van der Waals surface area contributed by atoms with Crippen LogP contribution in [-0.2, 0) is 7.05 Å². The number of hydrogen-bond donors (Lipinski definition) is 2. The van der Waals surface area contributed by atoms with E-state index in [0.29, 0.717) is 34.9 Å². The van der Waals surface area contributed by atoms with Crippen LogP contribution >= 0.6 is 11.6 Å². The van der Waals surface area contributed by atoms with Gasteiger partial charge in [-0.1, -0.05) is 11.6 Å². The van der Waals surface area contributed by atoms with E-state index in [-0.39, 0.29) is 5.69 Å². The molecule has 0 radical (unpaired) electrons. The van der Waals surface area contributed by atoms with Gasteiger partial charge in [0.25, 0.3) is 5.91 Å². The van der Waals surface area contributed by atoms with Crippen LogP contribution in [0.15, 0.2) is 0 Å². The first-order valence-corrected chi connectivity index (χ1v) is 10.8. The molecule has 2 heterocycles. The number of likely N-dealkylation sites (tertiary alicyclic amines) is 1. The lowest BCUT2D eigenvalue weighted by Crippen LogP contribution is -2.64. The average Bonchev–Trinajstić information content (AvgIpc) is 3.13. The topological polar surface area (TPSA) is 87.6 Å². The summed E-state index contributed by atoms with van der Waals surface area (Å²) in [4.78, 5) is 16.7. The molecule has 1 saturated heterocycles. The number of anilines is 1. The molecule has 1 amide bonds. The second-order valence-electron chi connectivity index (χ2n) is 9.77. The molecule has 3 N–H and O–H groups in total. The minimum Gasteiger partial charge on any atom is -0.390 e. The van der Waals surface area contributed by atoms with Gasteiger partial charge in [0.15, 0.2) is 5.69 Å². The van der Waals surface area contributed by atoms with Crippen molar-refractivity contribution in [2.24, 2.45) is 30.5 Å². The van der Waals surface area contributed by atoms with Gasteiger partial charge in [-0.25, -0.2) is 0 Å². The number of rotatable bonds is 4. The van der Waals surface area contributed by atoms with E-state index < -0.39 is 11.5 Å². The molecule has 4 bridgehead atoms. The number of nitrogens with two attached hydrogens (primary N) is 1. The Morgan fingerprint density at radius 3 is 2.46 bits per heavy atom. The van der Waals surface area contributed by atoms with Crippen molar-refractivity contribution >= 4 is 23.3 Å². The molecule has 28 heavy (non-hydrogen) atoms. The molecule has 154 valence electrons. The summed E-state index contributed by atoms with van der Waals surface area (Å²) in [7, 11) is 4.00. The van der Waals surface area contributed by atoms with E-state index in [9.17, 15) is 9.90 Å². The third kappa shape index (κ3) is 2.77. The molecule has 7 nitrogen and oxygen atoms in total. The Hall–Kier alpha value is -1.31. The molecule has 1 aliphatic heterocycles. The van der Waals surface area contributed by atoms with E-state index in [1.165, 1.54) is 12.8 Å². The minimum atomic E-state index is -0.588. The van der Waals surface area contributed by atoms with E-state index in [2.05, 4.69) is 21.9 Å². The van der Waals surface area contributed by atoms with Gasteiger partial charge in [-0.3, -0.25) is 9.48 Å². The summed E-state index contributed by atoms with van der Waals surface area (Å²) in [5.74, 6) is 1.81. The average molecular weight is 408 g/mol. The van der Waals surface area contributed by atoms with Gasteiger partial charge < -0.3 is 20.6 Å². The monoisotopic (exact) mass is 407 g/mol. The number of aryl methyl sites for hydroxylation is 1. The maximum absolute atomic E-state index is 11.8. The quantitative estimate of drug-likeness (QED) is 0.791. The van der Waals surface area contributed by atoms with Crippen molar-refractivity contribution in [3.05, 3.63) is 10.7 Å². The van der Waals surface area contributed by atoms with Crippen molar-refractivity contribution in [1.82, 2.24) is 14.7 Å². The Labute approximate surface area is 170 Å². The summed E-state index contributed by atoms with van der Waals surface area (Å²) in [5.41, 5.74) is 5.20. The zero-order valence-corrected chi connectivity index (χ0v) is 17.4. The molecule has 6 rings (SSSR count). The van der Waals surface area contributed by atoms with Gasteiger partial charge in [0.05, 0.1) is 5.60 Å². The van der Waals surface area contributed by atoms with Crippen LogP contribution in [0.3, 0.4) is 0 Å². The Morgan fingerprint density at radius 2 is 1.96 bits per heavy atom. The molecule has 8 heteroatoms. The van der Waals surface area contributed by atoms with Crippen LogP contribution in [0.4, 0.5) is 5.82 Å². The molecule has 3 atom stereocenters. The Balaban J connectivity index is 1.58. The predicted octanol–water partition coefficient (Wildman–Crippen LogP) is 1.62. The van der Waals surface area contributed by atoms with Crippen molar-refractivity contribution in [3.63, 3.8) is 0 Å². The number of hydrogen-bond acceptors (Lipinski definition) is 5. The Kier molecular flexibility index (Phi) is 4.24. The summed E-state index contributed by atoms with van der Waals surface area (Å²) >= 11 is 6.69. The lowest BCUT2D eigenvalue weighted by atomic mass is 9.52. The largest absolute Gasteiger partial charge is 0.390 e. The molecule has 5 fully saturated rings.